The molecule has 67 heavy (non-hydrogen) atoms. The maximum absolute atomic E-state index is 6.46. The number of benzene rings is 8. The van der Waals surface area contributed by atoms with Crippen LogP contribution in [-0.2, 0) is 21.7 Å². The summed E-state index contributed by atoms with van der Waals surface area (Å²) in [6.07, 6.45) is 4.67. The van der Waals surface area contributed by atoms with Crippen LogP contribution in [0.2, 0.25) is 0 Å². The van der Waals surface area contributed by atoms with E-state index < -0.39 is 0 Å². The molecule has 2 aromatic heterocycles. The van der Waals surface area contributed by atoms with E-state index in [-0.39, 0.29) is 21.7 Å². The second kappa shape index (κ2) is 13.8. The van der Waals surface area contributed by atoms with E-state index >= 15 is 0 Å². The van der Waals surface area contributed by atoms with Crippen molar-refractivity contribution in [1.82, 2.24) is 4.57 Å². The number of hydrogen-bond acceptors (Lipinski definition) is 2. The van der Waals surface area contributed by atoms with Gasteiger partial charge in [0.1, 0.15) is 11.2 Å². The lowest BCUT2D eigenvalue weighted by atomic mass is 9.55. The van der Waals surface area contributed by atoms with Crippen molar-refractivity contribution in [3.63, 3.8) is 0 Å². The Morgan fingerprint density at radius 1 is 0.522 bits per heavy atom. The summed E-state index contributed by atoms with van der Waals surface area (Å²) in [5.41, 5.74) is 23.3. The number of nitrogens with one attached hydrogen (secondary N) is 1. The highest BCUT2D eigenvalue weighted by Gasteiger charge is 2.41. The number of para-hydroxylation sites is 1. The van der Waals surface area contributed by atoms with Gasteiger partial charge in [-0.3, -0.25) is 0 Å². The lowest BCUT2D eigenvalue weighted by Gasteiger charge is -2.43. The molecule has 1 N–H and O–H groups in total. The smallest absolute Gasteiger partial charge is 0.198 e. The first-order chi connectivity index (χ1) is 32.0. The summed E-state index contributed by atoms with van der Waals surface area (Å²) < 4.78 is 9.16. The molecule has 4 heteroatoms. The monoisotopic (exact) mass is 870 g/mol. The quantitative estimate of drug-likeness (QED) is 0.179. The van der Waals surface area contributed by atoms with Gasteiger partial charge in [-0.15, -0.1) is 0 Å². The highest BCUT2D eigenvalue weighted by Crippen LogP contribution is 2.52. The van der Waals surface area contributed by atoms with Crippen molar-refractivity contribution in [1.29, 1.82) is 0 Å². The molecule has 0 radical (unpaired) electrons. The summed E-state index contributed by atoms with van der Waals surface area (Å²) >= 11 is 0. The number of aryl methyl sites for hydroxylation is 1. The van der Waals surface area contributed by atoms with Gasteiger partial charge >= 0.3 is 0 Å². The molecule has 0 fully saturated rings. The molecule has 0 atom stereocenters. The third kappa shape index (κ3) is 6.03. The van der Waals surface area contributed by atoms with Gasteiger partial charge in [-0.25, -0.2) is 0 Å². The van der Waals surface area contributed by atoms with Crippen LogP contribution in [0.5, 0.6) is 0 Å². The van der Waals surface area contributed by atoms with Crippen LogP contribution in [0.1, 0.15) is 109 Å². The minimum absolute atomic E-state index is 0.0264. The van der Waals surface area contributed by atoms with E-state index in [2.05, 4.69) is 206 Å². The number of anilines is 2. The Balaban J connectivity index is 1.21. The molecule has 3 heterocycles. The average molecular weight is 871 g/mol. The number of rotatable bonds is 4. The van der Waals surface area contributed by atoms with Gasteiger partial charge in [0.25, 0.3) is 0 Å². The summed E-state index contributed by atoms with van der Waals surface area (Å²) in [5, 5.41) is 11.5. The van der Waals surface area contributed by atoms with Crippen LogP contribution < -0.4 is 16.2 Å². The number of aromatic nitrogens is 1. The highest BCUT2D eigenvalue weighted by atomic mass is 16.3. The van der Waals surface area contributed by atoms with Crippen molar-refractivity contribution < 1.29 is 4.42 Å². The van der Waals surface area contributed by atoms with Crippen LogP contribution in [0.15, 0.2) is 138 Å². The van der Waals surface area contributed by atoms with Crippen LogP contribution in [0.25, 0.3) is 82.5 Å². The maximum Gasteiger partial charge on any atom is 0.198 e. The van der Waals surface area contributed by atoms with E-state index in [9.17, 15) is 0 Å². The lowest BCUT2D eigenvalue weighted by molar-refractivity contribution is 0.332. The van der Waals surface area contributed by atoms with Crippen LogP contribution in [0.3, 0.4) is 0 Å². The van der Waals surface area contributed by atoms with Crippen molar-refractivity contribution >= 4 is 84.1 Å². The number of fused-ring (bicyclic) bond motifs is 11. The molecule has 2 aliphatic carbocycles. The molecule has 0 amide bonds. The molecule has 10 aromatic rings. The minimum Gasteiger partial charge on any atom is -0.456 e. The first-order valence-corrected chi connectivity index (χ1v) is 24.7. The molecular formula is C63H59BN2O. The zero-order valence-corrected chi connectivity index (χ0v) is 40.6. The molecule has 0 spiro atoms. The second-order valence-corrected chi connectivity index (χ2v) is 23.2. The standard InChI is InChI=1S/C63H59BN2O/c1-36-18-21-40(22-19-36)65-52-34-49-47(60(2,3)24-26-62(49,6)7)32-43(52)45-31-42(39-20-23-56-44(29-39)41-16-12-13-17-55(41)67-56)57-46-28-37-14-10-11-15-38(37)30-53(46)66-54-35-50-48(33-51(54)64-58(45)59(57)66)61(4,5)25-27-63(50,8)9/h10-23,28-35,64-65H,24-27H2,1-9H3. The summed E-state index contributed by atoms with van der Waals surface area (Å²) in [6, 6.07) is 51.2. The van der Waals surface area contributed by atoms with Gasteiger partial charge in [0.2, 0.25) is 0 Å². The molecule has 1 aliphatic heterocycles. The van der Waals surface area contributed by atoms with E-state index in [0.29, 0.717) is 0 Å². The summed E-state index contributed by atoms with van der Waals surface area (Å²) in [4.78, 5) is 0. The third-order valence-corrected chi connectivity index (χ3v) is 17.0. The fourth-order valence-electron chi connectivity index (χ4n) is 12.7. The number of nitrogens with zero attached hydrogens (tertiary/aromatic N) is 1. The first kappa shape index (κ1) is 40.7. The molecule has 0 saturated carbocycles. The predicted molar refractivity (Wildman–Crippen MR) is 288 cm³/mol. The summed E-state index contributed by atoms with van der Waals surface area (Å²) in [5.74, 6) is 0. The topological polar surface area (TPSA) is 30.1 Å². The normalized spacial score (nSPS) is 17.4. The Labute approximate surface area is 395 Å². The van der Waals surface area contributed by atoms with Crippen molar-refractivity contribution in [2.45, 2.75) is 110 Å². The van der Waals surface area contributed by atoms with Crippen LogP contribution in [0.4, 0.5) is 11.4 Å². The highest BCUT2D eigenvalue weighted by molar-refractivity contribution is 6.73. The van der Waals surface area contributed by atoms with Crippen molar-refractivity contribution in [2.24, 2.45) is 0 Å². The molecule has 0 unspecified atom stereocenters. The fraction of sp³-hybridized carbons (Fsp3) is 0.270. The van der Waals surface area contributed by atoms with Gasteiger partial charge in [-0.2, -0.15) is 0 Å². The molecular weight excluding hydrogens is 812 g/mol. The average Bonchev–Trinajstić information content (AvgIpc) is 3.85. The van der Waals surface area contributed by atoms with Crippen molar-refractivity contribution in [3.8, 4) is 27.9 Å². The zero-order chi connectivity index (χ0) is 45.9. The van der Waals surface area contributed by atoms with Gasteiger partial charge < -0.3 is 14.3 Å². The molecule has 3 nitrogen and oxygen atoms in total. The van der Waals surface area contributed by atoms with Crippen molar-refractivity contribution in [2.75, 3.05) is 5.32 Å². The van der Waals surface area contributed by atoms with E-state index in [1.165, 1.54) is 118 Å². The Kier molecular flexibility index (Phi) is 8.38. The molecule has 3 aliphatic rings. The molecule has 0 saturated heterocycles. The molecule has 330 valence electrons. The molecule has 13 rings (SSSR count). The van der Waals surface area contributed by atoms with Crippen LogP contribution in [0, 0.1) is 6.92 Å². The molecule has 0 bridgehead atoms. The van der Waals surface area contributed by atoms with Crippen LogP contribution in [-0.4, -0.2) is 11.8 Å². The van der Waals surface area contributed by atoms with E-state index in [4.69, 9.17) is 4.42 Å². The predicted octanol–water partition coefficient (Wildman–Crippen LogP) is 15.6. The van der Waals surface area contributed by atoms with Gasteiger partial charge in [0.05, 0.1) is 5.52 Å². The lowest BCUT2D eigenvalue weighted by Crippen LogP contribution is -2.41. The van der Waals surface area contributed by atoms with Crippen molar-refractivity contribution in [3.05, 3.63) is 161 Å². The minimum atomic E-state index is 0.0264. The van der Waals surface area contributed by atoms with E-state index in [1.54, 1.807) is 0 Å². The summed E-state index contributed by atoms with van der Waals surface area (Å²) in [7, 11) is 0.850. The Morgan fingerprint density at radius 2 is 1.13 bits per heavy atom. The fourth-order valence-corrected chi connectivity index (χ4v) is 12.7. The van der Waals surface area contributed by atoms with Gasteiger partial charge in [-0.1, -0.05) is 133 Å². The Morgan fingerprint density at radius 3 is 1.85 bits per heavy atom. The van der Waals surface area contributed by atoms with Gasteiger partial charge in [-0.05, 0) is 176 Å². The Hall–Kier alpha value is -6.52. The second-order valence-electron chi connectivity index (χ2n) is 23.2. The number of furan rings is 1. The van der Waals surface area contributed by atoms with E-state index in [1.807, 2.05) is 0 Å². The first-order valence-electron chi connectivity index (χ1n) is 24.7. The molecule has 8 aromatic carbocycles. The van der Waals surface area contributed by atoms with Gasteiger partial charge in [0.15, 0.2) is 7.28 Å². The van der Waals surface area contributed by atoms with Crippen LogP contribution >= 0.6 is 0 Å². The SMILES string of the molecule is Cc1ccc(Nc2cc3c(cc2-c2cc(-c4ccc5oc6ccccc6c5c4)c4c5cc6ccccc6cc5n5c4c2Bc2cc4c(cc2-5)C(C)(C)CCC4(C)C)C(C)(C)CCC3(C)C)cc1. The van der Waals surface area contributed by atoms with E-state index in [0.717, 1.165) is 47.7 Å². The number of hydrogen-bond donors (Lipinski definition) is 1. The summed E-state index contributed by atoms with van der Waals surface area (Å²) in [6.45, 7) is 21.9. The largest absolute Gasteiger partial charge is 0.456 e. The van der Waals surface area contributed by atoms with Gasteiger partial charge in [0, 0.05) is 49.7 Å². The maximum atomic E-state index is 6.46. The third-order valence-electron chi connectivity index (χ3n) is 17.0. The Bertz CT molecular complexity index is 3760. The zero-order valence-electron chi connectivity index (χ0n) is 40.6.